The molecule has 0 saturated heterocycles. The highest BCUT2D eigenvalue weighted by molar-refractivity contribution is 9.10. The highest BCUT2D eigenvalue weighted by Crippen LogP contribution is 2.34. The third-order valence-corrected chi connectivity index (χ3v) is 3.30. The summed E-state index contributed by atoms with van der Waals surface area (Å²) in [5.41, 5.74) is 1.67. The lowest BCUT2D eigenvalue weighted by Crippen LogP contribution is -2.09. The van der Waals surface area contributed by atoms with Crippen LogP contribution in [0.2, 0.25) is 0 Å². The Hall–Kier alpha value is -1.00. The van der Waals surface area contributed by atoms with Crippen molar-refractivity contribution >= 4 is 15.9 Å². The first-order valence-electron chi connectivity index (χ1n) is 5.54. The summed E-state index contributed by atoms with van der Waals surface area (Å²) >= 11 is 3.38. The van der Waals surface area contributed by atoms with Crippen LogP contribution in [0.15, 0.2) is 34.5 Å². The van der Waals surface area contributed by atoms with Gasteiger partial charge in [-0.05, 0) is 30.5 Å². The lowest BCUT2D eigenvalue weighted by atomic mass is 9.97. The SMILES string of the molecule is COc1cc(Br)ccc1C(O)C1=COCCC1. The molecule has 17 heavy (non-hydrogen) atoms. The molecule has 4 heteroatoms. The van der Waals surface area contributed by atoms with Gasteiger partial charge in [-0.25, -0.2) is 0 Å². The van der Waals surface area contributed by atoms with Gasteiger partial charge in [-0.3, -0.25) is 0 Å². The van der Waals surface area contributed by atoms with Gasteiger partial charge in [0.1, 0.15) is 11.9 Å². The van der Waals surface area contributed by atoms with E-state index in [0.29, 0.717) is 5.75 Å². The van der Waals surface area contributed by atoms with Crippen LogP contribution >= 0.6 is 15.9 Å². The molecule has 1 aromatic carbocycles. The molecule has 1 heterocycles. The van der Waals surface area contributed by atoms with E-state index in [9.17, 15) is 5.11 Å². The molecular formula is C13H15BrO3. The Morgan fingerprint density at radius 1 is 1.47 bits per heavy atom. The number of methoxy groups -OCH3 is 1. The molecule has 2 rings (SSSR count). The number of aliphatic hydroxyl groups excluding tert-OH is 1. The summed E-state index contributed by atoms with van der Waals surface area (Å²) < 4.78 is 11.5. The van der Waals surface area contributed by atoms with Crippen molar-refractivity contribution in [3.8, 4) is 5.75 Å². The molecule has 1 aliphatic rings. The van der Waals surface area contributed by atoms with Crippen LogP contribution in [0.25, 0.3) is 0 Å². The fourth-order valence-corrected chi connectivity index (χ4v) is 2.24. The number of hydrogen-bond acceptors (Lipinski definition) is 3. The van der Waals surface area contributed by atoms with Crippen molar-refractivity contribution in [3.63, 3.8) is 0 Å². The van der Waals surface area contributed by atoms with E-state index in [1.807, 2.05) is 18.2 Å². The zero-order valence-electron chi connectivity index (χ0n) is 9.65. The summed E-state index contributed by atoms with van der Waals surface area (Å²) in [5, 5.41) is 10.3. The van der Waals surface area contributed by atoms with Gasteiger partial charge >= 0.3 is 0 Å². The molecule has 1 aliphatic heterocycles. The minimum absolute atomic E-state index is 0.654. The van der Waals surface area contributed by atoms with E-state index in [2.05, 4.69) is 15.9 Å². The summed E-state index contributed by atoms with van der Waals surface area (Å²) in [4.78, 5) is 0. The Bertz CT molecular complexity index is 429. The molecule has 1 unspecified atom stereocenters. The maximum atomic E-state index is 10.3. The van der Waals surface area contributed by atoms with Gasteiger partial charge < -0.3 is 14.6 Å². The van der Waals surface area contributed by atoms with Crippen molar-refractivity contribution < 1.29 is 14.6 Å². The molecule has 3 nitrogen and oxygen atoms in total. The number of halogens is 1. The quantitative estimate of drug-likeness (QED) is 0.931. The van der Waals surface area contributed by atoms with Crippen molar-refractivity contribution in [2.75, 3.05) is 13.7 Å². The van der Waals surface area contributed by atoms with Crippen LogP contribution < -0.4 is 4.74 Å². The Kier molecular flexibility index (Phi) is 4.07. The zero-order chi connectivity index (χ0) is 12.3. The number of aliphatic hydroxyl groups is 1. The first-order chi connectivity index (χ1) is 8.22. The maximum Gasteiger partial charge on any atom is 0.126 e. The van der Waals surface area contributed by atoms with Crippen LogP contribution in [0.1, 0.15) is 24.5 Å². The molecule has 92 valence electrons. The first kappa shape index (κ1) is 12.5. The molecular weight excluding hydrogens is 284 g/mol. The van der Waals surface area contributed by atoms with E-state index in [1.165, 1.54) is 0 Å². The van der Waals surface area contributed by atoms with Crippen LogP contribution in [0.4, 0.5) is 0 Å². The van der Waals surface area contributed by atoms with Crippen molar-refractivity contribution in [1.29, 1.82) is 0 Å². The molecule has 0 amide bonds. The summed E-state index contributed by atoms with van der Waals surface area (Å²) in [5.74, 6) is 0.679. The minimum atomic E-state index is -0.654. The fraction of sp³-hybridized carbons (Fsp3) is 0.385. The molecule has 1 atom stereocenters. The lowest BCUT2D eigenvalue weighted by molar-refractivity contribution is 0.168. The Morgan fingerprint density at radius 2 is 2.29 bits per heavy atom. The van der Waals surface area contributed by atoms with Gasteiger partial charge in [-0.15, -0.1) is 0 Å². The number of hydrogen-bond donors (Lipinski definition) is 1. The number of ether oxygens (including phenoxy) is 2. The predicted octanol–water partition coefficient (Wildman–Crippen LogP) is 3.19. The van der Waals surface area contributed by atoms with Gasteiger partial charge in [-0.2, -0.15) is 0 Å². The zero-order valence-corrected chi connectivity index (χ0v) is 11.2. The van der Waals surface area contributed by atoms with E-state index in [0.717, 1.165) is 35.1 Å². The minimum Gasteiger partial charge on any atom is -0.501 e. The summed E-state index contributed by atoms with van der Waals surface area (Å²) in [6.07, 6.45) is 2.82. The van der Waals surface area contributed by atoms with E-state index >= 15 is 0 Å². The third-order valence-electron chi connectivity index (χ3n) is 2.80. The topological polar surface area (TPSA) is 38.7 Å². The molecule has 0 spiro atoms. The molecule has 0 bridgehead atoms. The third kappa shape index (κ3) is 2.82. The van der Waals surface area contributed by atoms with Crippen molar-refractivity contribution in [2.24, 2.45) is 0 Å². The van der Waals surface area contributed by atoms with Gasteiger partial charge in [-0.1, -0.05) is 22.0 Å². The van der Waals surface area contributed by atoms with E-state index in [1.54, 1.807) is 13.4 Å². The van der Waals surface area contributed by atoms with E-state index < -0.39 is 6.10 Å². The Labute approximate surface area is 109 Å². The smallest absolute Gasteiger partial charge is 0.126 e. The lowest BCUT2D eigenvalue weighted by Gasteiger charge is -2.20. The molecule has 0 aliphatic carbocycles. The van der Waals surface area contributed by atoms with Gasteiger partial charge in [0.05, 0.1) is 20.0 Å². The van der Waals surface area contributed by atoms with Crippen LogP contribution in [-0.2, 0) is 4.74 Å². The normalized spacial score (nSPS) is 17.0. The van der Waals surface area contributed by atoms with Gasteiger partial charge in [0.2, 0.25) is 0 Å². The van der Waals surface area contributed by atoms with Crippen molar-refractivity contribution in [1.82, 2.24) is 0 Å². The second kappa shape index (κ2) is 5.56. The second-order valence-electron chi connectivity index (χ2n) is 3.96. The second-order valence-corrected chi connectivity index (χ2v) is 4.87. The Morgan fingerprint density at radius 3 is 2.94 bits per heavy atom. The van der Waals surface area contributed by atoms with Crippen molar-refractivity contribution in [2.45, 2.75) is 18.9 Å². The molecule has 0 saturated carbocycles. The Balaban J connectivity index is 2.29. The monoisotopic (exact) mass is 298 g/mol. The number of rotatable bonds is 3. The highest BCUT2D eigenvalue weighted by Gasteiger charge is 2.19. The van der Waals surface area contributed by atoms with E-state index in [4.69, 9.17) is 9.47 Å². The average Bonchev–Trinajstić information content (AvgIpc) is 2.39. The summed E-state index contributed by atoms with van der Waals surface area (Å²) in [6.45, 7) is 0.730. The van der Waals surface area contributed by atoms with Crippen LogP contribution in [0, 0.1) is 0 Å². The fourth-order valence-electron chi connectivity index (χ4n) is 1.90. The molecule has 0 fully saturated rings. The first-order valence-corrected chi connectivity index (χ1v) is 6.33. The van der Waals surface area contributed by atoms with Crippen molar-refractivity contribution in [3.05, 3.63) is 40.1 Å². The van der Waals surface area contributed by atoms with Gasteiger partial charge in [0.15, 0.2) is 0 Å². The van der Waals surface area contributed by atoms with Gasteiger partial charge in [0, 0.05) is 10.0 Å². The van der Waals surface area contributed by atoms with Crippen LogP contribution in [-0.4, -0.2) is 18.8 Å². The maximum absolute atomic E-state index is 10.3. The highest BCUT2D eigenvalue weighted by atomic mass is 79.9. The summed E-state index contributed by atoms with van der Waals surface area (Å²) in [7, 11) is 1.60. The molecule has 0 radical (unpaired) electrons. The standard InChI is InChI=1S/C13H15BrO3/c1-16-12-7-10(14)4-5-11(12)13(15)9-3-2-6-17-8-9/h4-5,7-8,13,15H,2-3,6H2,1H3. The molecule has 1 aromatic rings. The van der Waals surface area contributed by atoms with E-state index in [-0.39, 0.29) is 0 Å². The van der Waals surface area contributed by atoms with Crippen LogP contribution in [0.5, 0.6) is 5.75 Å². The average molecular weight is 299 g/mol. The molecule has 0 aromatic heterocycles. The largest absolute Gasteiger partial charge is 0.501 e. The summed E-state index contributed by atoms with van der Waals surface area (Å²) in [6, 6.07) is 5.61. The molecule has 1 N–H and O–H groups in total. The van der Waals surface area contributed by atoms with Crippen LogP contribution in [0.3, 0.4) is 0 Å². The number of benzene rings is 1. The predicted molar refractivity (Wildman–Crippen MR) is 68.9 cm³/mol. The van der Waals surface area contributed by atoms with Gasteiger partial charge in [0.25, 0.3) is 0 Å².